The summed E-state index contributed by atoms with van der Waals surface area (Å²) >= 11 is 0. The molecule has 0 spiro atoms. The lowest BCUT2D eigenvalue weighted by Crippen LogP contribution is -2.19. The molecule has 1 aromatic heterocycles. The van der Waals surface area contributed by atoms with Gasteiger partial charge in [-0.15, -0.1) is 5.10 Å². The van der Waals surface area contributed by atoms with Crippen LogP contribution in [0.1, 0.15) is 69.2 Å². The third kappa shape index (κ3) is 5.93. The van der Waals surface area contributed by atoms with Crippen LogP contribution in [0, 0.1) is 6.92 Å². The quantitative estimate of drug-likeness (QED) is 0.422. The molecule has 0 radical (unpaired) electrons. The molecule has 0 aliphatic heterocycles. The van der Waals surface area contributed by atoms with Gasteiger partial charge in [0.15, 0.2) is 5.69 Å². The van der Waals surface area contributed by atoms with Gasteiger partial charge in [0.05, 0.1) is 31.7 Å². The maximum absolute atomic E-state index is 13.3. The lowest BCUT2D eigenvalue weighted by atomic mass is 9.87. The Morgan fingerprint density at radius 3 is 2.43 bits per heavy atom. The van der Waals surface area contributed by atoms with Crippen LogP contribution in [-0.4, -0.2) is 41.2 Å². The molecular weight excluding hydrogens is 444 g/mol. The van der Waals surface area contributed by atoms with Crippen molar-refractivity contribution in [3.8, 4) is 22.9 Å². The van der Waals surface area contributed by atoms with Gasteiger partial charge in [0.1, 0.15) is 22.9 Å². The van der Waals surface area contributed by atoms with Gasteiger partial charge in [0.25, 0.3) is 5.91 Å². The lowest BCUT2D eigenvalue weighted by Gasteiger charge is -2.23. The molecule has 0 fully saturated rings. The van der Waals surface area contributed by atoms with Crippen molar-refractivity contribution in [2.45, 2.75) is 65.9 Å². The van der Waals surface area contributed by atoms with Crippen LogP contribution >= 0.6 is 0 Å². The molecule has 0 aliphatic carbocycles. The van der Waals surface area contributed by atoms with Crippen molar-refractivity contribution in [3.05, 3.63) is 53.3 Å². The second-order valence-electron chi connectivity index (χ2n) is 9.61. The van der Waals surface area contributed by atoms with Crippen molar-refractivity contribution in [1.82, 2.24) is 15.0 Å². The fourth-order valence-electron chi connectivity index (χ4n) is 3.79. The van der Waals surface area contributed by atoms with E-state index in [9.17, 15) is 4.79 Å². The zero-order chi connectivity index (χ0) is 25.8. The second kappa shape index (κ2) is 10.8. The summed E-state index contributed by atoms with van der Waals surface area (Å²) in [6, 6.07) is 11.3. The fraction of sp³-hybridized carbons (Fsp3) is 0.444. The number of methoxy groups -OCH3 is 2. The Kier molecular flexibility index (Phi) is 8.04. The van der Waals surface area contributed by atoms with Crippen LogP contribution in [0.4, 0.5) is 5.69 Å². The minimum atomic E-state index is -0.366. The first-order valence-corrected chi connectivity index (χ1v) is 11.9. The Bertz CT molecular complexity index is 1180. The van der Waals surface area contributed by atoms with Crippen molar-refractivity contribution >= 4 is 11.6 Å². The molecule has 0 unspecified atom stereocenters. The highest BCUT2D eigenvalue weighted by Crippen LogP contribution is 2.33. The van der Waals surface area contributed by atoms with E-state index >= 15 is 0 Å². The van der Waals surface area contributed by atoms with Crippen LogP contribution in [-0.2, 0) is 5.41 Å². The number of anilines is 1. The summed E-state index contributed by atoms with van der Waals surface area (Å²) in [7, 11) is 3.17. The zero-order valence-electron chi connectivity index (χ0n) is 21.9. The van der Waals surface area contributed by atoms with E-state index < -0.39 is 0 Å². The summed E-state index contributed by atoms with van der Waals surface area (Å²) in [6.45, 7) is 12.3. The van der Waals surface area contributed by atoms with Crippen LogP contribution in [0.3, 0.4) is 0 Å². The summed E-state index contributed by atoms with van der Waals surface area (Å²) in [5, 5.41) is 11.4. The van der Waals surface area contributed by atoms with Crippen LogP contribution < -0.4 is 19.5 Å². The summed E-state index contributed by atoms with van der Waals surface area (Å²) in [5.41, 5.74) is 3.02. The number of amides is 1. The number of hydrogen-bond donors (Lipinski definition) is 1. The normalized spacial score (nSPS) is 12.2. The maximum atomic E-state index is 13.3. The maximum Gasteiger partial charge on any atom is 0.278 e. The Hall–Kier alpha value is -3.55. The van der Waals surface area contributed by atoms with Gasteiger partial charge in [-0.1, -0.05) is 45.4 Å². The SMILES string of the molecule is CCC[C@@H](C)Oc1ccc(C(C)(C)C)cc1NC(=O)c1nnn(-c2cc(OC)ccc2OC)c1C. The van der Waals surface area contributed by atoms with E-state index in [1.807, 2.05) is 25.1 Å². The number of rotatable bonds is 9. The number of nitrogens with one attached hydrogen (secondary N) is 1. The van der Waals surface area contributed by atoms with Crippen LogP contribution in [0.15, 0.2) is 36.4 Å². The number of hydrogen-bond acceptors (Lipinski definition) is 6. The topological polar surface area (TPSA) is 87.5 Å². The van der Waals surface area contributed by atoms with Gasteiger partial charge in [0, 0.05) is 6.07 Å². The number of benzene rings is 2. The molecule has 0 saturated carbocycles. The number of nitrogens with zero attached hydrogens (tertiary/aromatic N) is 3. The van der Waals surface area contributed by atoms with Gasteiger partial charge in [-0.2, -0.15) is 0 Å². The summed E-state index contributed by atoms with van der Waals surface area (Å²) in [6.07, 6.45) is 1.96. The molecule has 1 amide bonds. The molecule has 1 atom stereocenters. The largest absolute Gasteiger partial charge is 0.497 e. The Labute approximate surface area is 207 Å². The highest BCUT2D eigenvalue weighted by atomic mass is 16.5. The minimum absolute atomic E-state index is 0.0271. The molecule has 35 heavy (non-hydrogen) atoms. The Morgan fingerprint density at radius 1 is 1.09 bits per heavy atom. The molecule has 0 aliphatic rings. The average Bonchev–Trinajstić information content (AvgIpc) is 3.20. The summed E-state index contributed by atoms with van der Waals surface area (Å²) in [4.78, 5) is 13.3. The van der Waals surface area contributed by atoms with E-state index in [-0.39, 0.29) is 23.1 Å². The fourth-order valence-corrected chi connectivity index (χ4v) is 3.79. The molecule has 1 heterocycles. The third-order valence-electron chi connectivity index (χ3n) is 5.84. The first-order chi connectivity index (χ1) is 16.6. The van der Waals surface area contributed by atoms with E-state index in [1.165, 1.54) is 0 Å². The predicted molar refractivity (Wildman–Crippen MR) is 137 cm³/mol. The number of ether oxygens (including phenoxy) is 3. The van der Waals surface area contributed by atoms with E-state index in [0.29, 0.717) is 34.3 Å². The molecule has 3 rings (SSSR count). The Morgan fingerprint density at radius 2 is 1.80 bits per heavy atom. The van der Waals surface area contributed by atoms with Crippen LogP contribution in [0.25, 0.3) is 5.69 Å². The standard InChI is InChI=1S/C27H36N4O4/c1-9-10-17(2)35-23-13-11-19(27(4,5)6)15-21(23)28-26(32)25-18(3)31(30-29-25)22-16-20(33-7)12-14-24(22)34-8/h11-17H,9-10H2,1-8H3,(H,28,32)/t17-/m1/s1. The highest BCUT2D eigenvalue weighted by molar-refractivity contribution is 6.04. The third-order valence-corrected chi connectivity index (χ3v) is 5.84. The average molecular weight is 481 g/mol. The monoisotopic (exact) mass is 480 g/mol. The van der Waals surface area contributed by atoms with Gasteiger partial charge in [-0.25, -0.2) is 4.68 Å². The molecule has 8 heteroatoms. The molecule has 2 aromatic carbocycles. The molecule has 0 saturated heterocycles. The van der Waals surface area contributed by atoms with Crippen molar-refractivity contribution < 1.29 is 19.0 Å². The molecule has 0 bridgehead atoms. The highest BCUT2D eigenvalue weighted by Gasteiger charge is 2.23. The summed E-state index contributed by atoms with van der Waals surface area (Å²) in [5.74, 6) is 1.49. The van der Waals surface area contributed by atoms with Gasteiger partial charge in [-0.3, -0.25) is 4.79 Å². The second-order valence-corrected chi connectivity index (χ2v) is 9.61. The summed E-state index contributed by atoms with van der Waals surface area (Å²) < 4.78 is 18.6. The van der Waals surface area contributed by atoms with E-state index in [1.54, 1.807) is 44.0 Å². The van der Waals surface area contributed by atoms with Crippen molar-refractivity contribution in [2.75, 3.05) is 19.5 Å². The smallest absolute Gasteiger partial charge is 0.278 e. The molecular formula is C27H36N4O4. The molecule has 8 nitrogen and oxygen atoms in total. The van der Waals surface area contributed by atoms with Gasteiger partial charge < -0.3 is 19.5 Å². The number of carbonyl (C=O) groups is 1. The van der Waals surface area contributed by atoms with Crippen LogP contribution in [0.2, 0.25) is 0 Å². The van der Waals surface area contributed by atoms with E-state index in [4.69, 9.17) is 14.2 Å². The van der Waals surface area contributed by atoms with E-state index in [2.05, 4.69) is 43.3 Å². The number of aromatic nitrogens is 3. The van der Waals surface area contributed by atoms with Gasteiger partial charge in [-0.05, 0) is 55.5 Å². The zero-order valence-corrected chi connectivity index (χ0v) is 21.9. The predicted octanol–water partition coefficient (Wildman–Crippen LogP) is 5.71. The first kappa shape index (κ1) is 26.1. The molecule has 1 N–H and O–H groups in total. The van der Waals surface area contributed by atoms with Gasteiger partial charge in [0.2, 0.25) is 0 Å². The molecule has 3 aromatic rings. The van der Waals surface area contributed by atoms with Crippen molar-refractivity contribution in [3.63, 3.8) is 0 Å². The Balaban J connectivity index is 1.96. The molecule has 188 valence electrons. The van der Waals surface area contributed by atoms with E-state index in [0.717, 1.165) is 18.4 Å². The minimum Gasteiger partial charge on any atom is -0.497 e. The number of carbonyl (C=O) groups excluding carboxylic acids is 1. The van der Waals surface area contributed by atoms with Crippen molar-refractivity contribution in [1.29, 1.82) is 0 Å². The first-order valence-electron chi connectivity index (χ1n) is 11.9. The van der Waals surface area contributed by atoms with Crippen molar-refractivity contribution in [2.24, 2.45) is 0 Å². The van der Waals surface area contributed by atoms with Gasteiger partial charge >= 0.3 is 0 Å². The van der Waals surface area contributed by atoms with Crippen LogP contribution in [0.5, 0.6) is 17.2 Å². The lowest BCUT2D eigenvalue weighted by molar-refractivity contribution is 0.102.